The minimum Gasteiger partial charge on any atom is -0.506 e. The second-order valence-corrected chi connectivity index (χ2v) is 5.27. The first-order chi connectivity index (χ1) is 8.88. The molecule has 19 heavy (non-hydrogen) atoms. The summed E-state index contributed by atoms with van der Waals surface area (Å²) in [5.74, 6) is -1.32. The highest BCUT2D eigenvalue weighted by Gasteiger charge is 2.41. The molecule has 6 heteroatoms. The fraction of sp³-hybridized carbons (Fsp3) is 0.538. The molecule has 1 N–H and O–H groups in total. The first kappa shape index (κ1) is 14.5. The molecular weight excluding hydrogens is 279 g/mol. The maximum atomic E-state index is 12.7. The molecule has 0 bridgehead atoms. The third kappa shape index (κ3) is 3.54. The predicted molar refractivity (Wildman–Crippen MR) is 67.2 cm³/mol. The van der Waals surface area contributed by atoms with E-state index < -0.39 is 12.1 Å². The fourth-order valence-corrected chi connectivity index (χ4v) is 2.59. The van der Waals surface area contributed by atoms with E-state index in [-0.39, 0.29) is 23.7 Å². The van der Waals surface area contributed by atoms with E-state index in [1.54, 1.807) is 23.1 Å². The van der Waals surface area contributed by atoms with Crippen LogP contribution in [0.5, 0.6) is 5.75 Å². The summed E-state index contributed by atoms with van der Waals surface area (Å²) in [6.07, 6.45) is -3.44. The number of hydrogen-bond acceptors (Lipinski definition) is 2. The van der Waals surface area contributed by atoms with Crippen molar-refractivity contribution in [2.45, 2.75) is 25.6 Å². The number of nitrogens with zero attached hydrogens (tertiary/aromatic N) is 1. The largest absolute Gasteiger partial charge is 0.506 e. The molecule has 2 nitrogen and oxygen atoms in total. The Balaban J connectivity index is 2.05. The van der Waals surface area contributed by atoms with Crippen LogP contribution in [-0.2, 0) is 6.54 Å². The number of hydrogen-bond donors (Lipinski definition) is 1. The van der Waals surface area contributed by atoms with Gasteiger partial charge in [-0.15, -0.1) is 0 Å². The van der Waals surface area contributed by atoms with Crippen molar-refractivity contribution in [2.75, 3.05) is 13.1 Å². The zero-order valence-corrected chi connectivity index (χ0v) is 11.0. The lowest BCUT2D eigenvalue weighted by Gasteiger charge is -2.33. The molecule has 106 valence electrons. The molecule has 1 heterocycles. The highest BCUT2D eigenvalue weighted by molar-refractivity contribution is 6.32. The predicted octanol–water partition coefficient (Wildman–Crippen LogP) is 3.82. The van der Waals surface area contributed by atoms with Gasteiger partial charge in [0.2, 0.25) is 0 Å². The maximum Gasteiger partial charge on any atom is 0.393 e. The van der Waals surface area contributed by atoms with Crippen molar-refractivity contribution in [2.24, 2.45) is 5.92 Å². The van der Waals surface area contributed by atoms with E-state index in [9.17, 15) is 18.3 Å². The van der Waals surface area contributed by atoms with Crippen LogP contribution in [-0.4, -0.2) is 29.3 Å². The summed E-state index contributed by atoms with van der Waals surface area (Å²) < 4.78 is 38.1. The van der Waals surface area contributed by atoms with Crippen LogP contribution in [0.15, 0.2) is 18.2 Å². The first-order valence-electron chi connectivity index (χ1n) is 6.13. The summed E-state index contributed by atoms with van der Waals surface area (Å²) in [5, 5.41) is 10.00. The van der Waals surface area contributed by atoms with Crippen LogP contribution in [0.3, 0.4) is 0 Å². The third-order valence-electron chi connectivity index (χ3n) is 3.43. The van der Waals surface area contributed by atoms with Crippen molar-refractivity contribution < 1.29 is 18.3 Å². The van der Waals surface area contributed by atoms with Crippen molar-refractivity contribution in [3.8, 4) is 5.75 Å². The average Bonchev–Trinajstić information content (AvgIpc) is 2.34. The number of piperidine rings is 1. The molecule has 0 radical (unpaired) electrons. The van der Waals surface area contributed by atoms with Crippen molar-refractivity contribution in [3.63, 3.8) is 0 Å². The Morgan fingerprint density at radius 2 is 2.11 bits per heavy atom. The molecule has 1 saturated heterocycles. The van der Waals surface area contributed by atoms with Gasteiger partial charge in [0.15, 0.2) is 0 Å². The molecule has 0 spiro atoms. The zero-order chi connectivity index (χ0) is 14.0. The number of phenols is 1. The second-order valence-electron chi connectivity index (χ2n) is 4.86. The van der Waals surface area contributed by atoms with E-state index in [4.69, 9.17) is 11.6 Å². The molecule has 2 rings (SSSR count). The molecule has 1 aromatic carbocycles. The van der Waals surface area contributed by atoms with E-state index in [2.05, 4.69) is 0 Å². The van der Waals surface area contributed by atoms with Gasteiger partial charge in [0.1, 0.15) is 5.75 Å². The molecule has 1 aliphatic heterocycles. The number of phenolic OH excluding ortho intramolecular Hbond substituents is 1. The summed E-state index contributed by atoms with van der Waals surface area (Å²) in [4.78, 5) is 1.72. The Morgan fingerprint density at radius 3 is 2.79 bits per heavy atom. The molecule has 1 aliphatic rings. The van der Waals surface area contributed by atoms with Crippen LogP contribution < -0.4 is 0 Å². The summed E-state index contributed by atoms with van der Waals surface area (Å²) >= 11 is 5.78. The Kier molecular flexibility index (Phi) is 4.26. The van der Waals surface area contributed by atoms with Crippen LogP contribution in [0.25, 0.3) is 0 Å². The zero-order valence-electron chi connectivity index (χ0n) is 10.3. The van der Waals surface area contributed by atoms with Crippen LogP contribution in [0.4, 0.5) is 13.2 Å². The van der Waals surface area contributed by atoms with E-state index in [1.807, 2.05) is 0 Å². The maximum absolute atomic E-state index is 12.7. The van der Waals surface area contributed by atoms with E-state index >= 15 is 0 Å². The van der Waals surface area contributed by atoms with E-state index in [0.717, 1.165) is 0 Å². The summed E-state index contributed by atoms with van der Waals surface area (Å²) in [5.41, 5.74) is 0.565. The van der Waals surface area contributed by atoms with Crippen molar-refractivity contribution in [1.29, 1.82) is 0 Å². The molecule has 1 fully saturated rings. The number of para-hydroxylation sites is 1. The molecule has 0 aromatic heterocycles. The summed E-state index contributed by atoms with van der Waals surface area (Å²) in [7, 11) is 0. The van der Waals surface area contributed by atoms with Gasteiger partial charge in [-0.2, -0.15) is 13.2 Å². The molecule has 0 saturated carbocycles. The third-order valence-corrected chi connectivity index (χ3v) is 3.74. The van der Waals surface area contributed by atoms with Crippen molar-refractivity contribution >= 4 is 11.6 Å². The molecule has 1 aromatic rings. The van der Waals surface area contributed by atoms with Crippen LogP contribution in [0, 0.1) is 5.92 Å². The molecule has 0 aliphatic carbocycles. The highest BCUT2D eigenvalue weighted by Crippen LogP contribution is 2.34. The molecule has 1 unspecified atom stereocenters. The van der Waals surface area contributed by atoms with Gasteiger partial charge in [-0.1, -0.05) is 23.7 Å². The SMILES string of the molecule is Oc1c(Cl)cccc1CN1CCCC(C(F)(F)F)C1. The lowest BCUT2D eigenvalue weighted by Crippen LogP contribution is -2.41. The van der Waals surface area contributed by atoms with Crippen LogP contribution >= 0.6 is 11.6 Å². The van der Waals surface area contributed by atoms with E-state index in [1.165, 1.54) is 0 Å². The Labute approximate surface area is 114 Å². The Bertz CT molecular complexity index is 450. The normalized spacial score (nSPS) is 21.6. The van der Waals surface area contributed by atoms with Crippen LogP contribution in [0.1, 0.15) is 18.4 Å². The first-order valence-corrected chi connectivity index (χ1v) is 6.51. The molecule has 0 amide bonds. The summed E-state index contributed by atoms with van der Waals surface area (Å²) in [6, 6.07) is 4.91. The number of rotatable bonds is 2. The van der Waals surface area contributed by atoms with Gasteiger partial charge < -0.3 is 5.11 Å². The molecule has 1 atom stereocenters. The van der Waals surface area contributed by atoms with Crippen molar-refractivity contribution in [3.05, 3.63) is 28.8 Å². The smallest absolute Gasteiger partial charge is 0.393 e. The molecular formula is C13H15ClF3NO. The topological polar surface area (TPSA) is 23.5 Å². The Hall–Kier alpha value is -0.940. The average molecular weight is 294 g/mol. The van der Waals surface area contributed by atoms with Gasteiger partial charge in [0.05, 0.1) is 10.9 Å². The van der Waals surface area contributed by atoms with Gasteiger partial charge in [-0.3, -0.25) is 4.90 Å². The van der Waals surface area contributed by atoms with Gasteiger partial charge in [-0.25, -0.2) is 0 Å². The second kappa shape index (κ2) is 5.59. The number of alkyl halides is 3. The lowest BCUT2D eigenvalue weighted by atomic mass is 9.97. The van der Waals surface area contributed by atoms with Gasteiger partial charge in [0.25, 0.3) is 0 Å². The fourth-order valence-electron chi connectivity index (χ4n) is 2.39. The van der Waals surface area contributed by atoms with Gasteiger partial charge >= 0.3 is 6.18 Å². The standard InChI is InChI=1S/C13H15ClF3NO/c14-11-5-1-3-9(12(11)19)7-18-6-2-4-10(8-18)13(15,16)17/h1,3,5,10,19H,2,4,6-8H2. The van der Waals surface area contributed by atoms with Gasteiger partial charge in [-0.05, 0) is 25.5 Å². The Morgan fingerprint density at radius 1 is 1.37 bits per heavy atom. The van der Waals surface area contributed by atoms with Crippen LogP contribution in [0.2, 0.25) is 5.02 Å². The number of halogens is 4. The lowest BCUT2D eigenvalue weighted by molar-refractivity contribution is -0.187. The minimum atomic E-state index is -4.14. The number of likely N-dealkylation sites (tertiary alicyclic amines) is 1. The monoisotopic (exact) mass is 293 g/mol. The quantitative estimate of drug-likeness (QED) is 0.896. The van der Waals surface area contributed by atoms with Crippen molar-refractivity contribution in [1.82, 2.24) is 4.90 Å². The van der Waals surface area contributed by atoms with Gasteiger partial charge in [0, 0.05) is 18.7 Å². The number of benzene rings is 1. The van der Waals surface area contributed by atoms with E-state index in [0.29, 0.717) is 25.1 Å². The minimum absolute atomic E-state index is 0.0184. The number of aromatic hydroxyl groups is 1. The summed E-state index contributed by atoms with van der Waals surface area (Å²) in [6.45, 7) is 0.882. The highest BCUT2D eigenvalue weighted by atomic mass is 35.5.